The molecule has 0 bridgehead atoms. The number of ether oxygens (including phenoxy) is 3. The predicted octanol–water partition coefficient (Wildman–Crippen LogP) is 38.5. The maximum Gasteiger partial charge on any atom is 0.131 e. The third-order valence-electron chi connectivity index (χ3n) is 21.9. The Kier molecular flexibility index (Phi) is 76.2. The topological polar surface area (TPSA) is 60.8 Å². The van der Waals surface area contributed by atoms with Crippen LogP contribution in [0.25, 0.3) is 10.8 Å². The van der Waals surface area contributed by atoms with Crippen molar-refractivity contribution in [2.75, 3.05) is 39.6 Å². The maximum absolute atomic E-state index is 12.4. The minimum absolute atomic E-state index is 0.0196. The first kappa shape index (κ1) is 130. The minimum Gasteiger partial charge on any atom is -0.393 e. The van der Waals surface area contributed by atoms with Gasteiger partial charge in [0.1, 0.15) is 40.7 Å². The highest BCUT2D eigenvalue weighted by Gasteiger charge is 2.15. The molecule has 1 atom stereocenters. The highest BCUT2D eigenvalue weighted by atomic mass is 35.5. The van der Waals surface area contributed by atoms with E-state index in [1.54, 1.807) is 55.6 Å². The van der Waals surface area contributed by atoms with E-state index < -0.39 is 29.1 Å². The Balaban J connectivity index is 0.00000145. The van der Waals surface area contributed by atoms with Gasteiger partial charge in [0.25, 0.3) is 0 Å². The number of thiophene rings is 1. The van der Waals surface area contributed by atoms with E-state index in [1.165, 1.54) is 201 Å². The van der Waals surface area contributed by atoms with Gasteiger partial charge < -0.3 is 19.3 Å². The standard InChI is InChI=1S/C11H10.2C8H10.C7H7Cl.C7H5F3.C7H6F2.2C7H7F.C7H14O.C7H14.C7H8.C6H7N.C6H12O.C6H12.C5H10O.C5H6S.2C5H12.C4H8O/c1-9-6-7-10-4-2-3-5-11(10)8-9;2*1-7-3-5-8(2)6-4-7;1-6-2-4-7(8)5-3-6;1-4-6(9)2-5(8)3-7(4)10;1-5-2-3-6(8)4-7(5)9;1-6-2-4-7(8)5-3-6;1-6-4-2-3-5-7(6)8;1-6-2-4-7(8)5-3-6;2*1-7-5-3-2-4-6-7;1-6-4-2-3-5-7-6;1-6-2-4-7-5-3-6;1-6-4-2-3-5-6;1-5-2-3-6-4-5;1-5-3-2-4-6-5;1-5(2,3)4;1-3-5-4-2;1-4-2-5-3-4/h2-8H,1H3;2*3-6H,1-2H3;2-5H,1H3;2-3H,1H3;2-4H,1H3;2*2-5H,1H3;6-8H,2-5H2,1H3;7H,2-6H2,1H3;2-6H,1H3;2-5H,1H3;6H,2-5H2,1H3;6H,2-5H2,1H3;5H,2-4H2,1H3;2-4H,1H3;1-4H3;3-5H2,1-2H3;4H,2-3H2,1H3. The van der Waals surface area contributed by atoms with Crippen LogP contribution in [0.15, 0.2) is 266 Å². The van der Waals surface area contributed by atoms with Crippen LogP contribution in [0, 0.1) is 172 Å². The molecule has 0 radical (unpaired) electrons. The van der Waals surface area contributed by atoms with Gasteiger partial charge in [-0.2, -0.15) is 0 Å². The molecule has 3 saturated heterocycles. The fourth-order valence-electron chi connectivity index (χ4n) is 12.6. The number of nitrogens with zero attached hydrogens (tertiary/aromatic N) is 1. The number of pyridine rings is 1. The van der Waals surface area contributed by atoms with E-state index in [0.29, 0.717) is 28.7 Å². The normalized spacial score (nSPS) is 15.2. The van der Waals surface area contributed by atoms with Gasteiger partial charge >= 0.3 is 0 Å². The van der Waals surface area contributed by atoms with Crippen molar-refractivity contribution in [3.05, 3.63) is 384 Å². The molecule has 5 nitrogen and oxygen atoms in total. The second kappa shape index (κ2) is 81.5. The van der Waals surface area contributed by atoms with E-state index in [1.807, 2.05) is 87.5 Å². The van der Waals surface area contributed by atoms with Gasteiger partial charge in [0.2, 0.25) is 0 Å². The van der Waals surface area contributed by atoms with E-state index >= 15 is 0 Å². The monoisotopic (exact) mass is 1960 g/mol. The highest BCUT2D eigenvalue weighted by molar-refractivity contribution is 7.09. The molecule has 18 rings (SSSR count). The van der Waals surface area contributed by atoms with Crippen molar-refractivity contribution in [3.63, 3.8) is 0 Å². The summed E-state index contributed by atoms with van der Waals surface area (Å²) in [6.07, 6.45) is 27.6. The second-order valence-corrected chi connectivity index (χ2v) is 40.6. The Morgan fingerprint density at radius 3 is 0.993 bits per heavy atom. The van der Waals surface area contributed by atoms with Gasteiger partial charge in [0.15, 0.2) is 0 Å². The van der Waals surface area contributed by atoms with Crippen molar-refractivity contribution in [2.45, 2.75) is 301 Å². The van der Waals surface area contributed by atoms with E-state index in [9.17, 15) is 30.7 Å². The number of benzene rings is 10. The number of unbranched alkanes of at least 4 members (excludes halogenated alkanes) is 2. The highest BCUT2D eigenvalue weighted by Crippen LogP contribution is 2.26. The molecule has 12 aromatic rings. The SMILES string of the molecule is CC(C)(C)C.CC1CCC(O)CC1.CC1CCCC1.CC1CCCCC1.CC1CCOC1.CC1CCOCC1.CC1COC1.CCCCC.Cc1c(F)cc(F)cc1F.Cc1ccc(C)cc1.Cc1ccc(C)cc1.Cc1ccc(Cl)cc1.Cc1ccc(F)cc1.Cc1ccc(F)cc1F.Cc1ccc2ccccc2c1.Cc1ccccc1.Cc1ccccc1F.Cc1ccccn1.Cc1cccs1. The number of hydrogen-bond donors (Lipinski definition) is 1. The van der Waals surface area contributed by atoms with Gasteiger partial charge in [0, 0.05) is 77.9 Å². The molecule has 5 heterocycles. The summed E-state index contributed by atoms with van der Waals surface area (Å²) in [5, 5.41) is 14.6. The number of aliphatic hydroxyl groups is 1. The van der Waals surface area contributed by atoms with Crippen LogP contribution in [0.5, 0.6) is 0 Å². The molecule has 768 valence electrons. The third kappa shape index (κ3) is 79.2. The van der Waals surface area contributed by atoms with Crippen molar-refractivity contribution in [3.8, 4) is 0 Å². The lowest BCUT2D eigenvalue weighted by Gasteiger charge is -2.21. The largest absolute Gasteiger partial charge is 0.393 e. The van der Waals surface area contributed by atoms with E-state index in [0.717, 1.165) is 110 Å². The molecule has 6 aliphatic rings. The molecule has 3 saturated carbocycles. The van der Waals surface area contributed by atoms with E-state index in [-0.39, 0.29) is 23.3 Å². The van der Waals surface area contributed by atoms with Gasteiger partial charge in [-0.25, -0.2) is 30.7 Å². The molecule has 139 heavy (non-hydrogen) atoms. The van der Waals surface area contributed by atoms with Crippen molar-refractivity contribution in [2.24, 2.45) is 40.9 Å². The average Bonchev–Trinajstić information content (AvgIpc) is 1.06. The summed E-state index contributed by atoms with van der Waals surface area (Å²) in [6.45, 7) is 58.0. The minimum atomic E-state index is -0.888. The van der Waals surface area contributed by atoms with Crippen LogP contribution >= 0.6 is 22.9 Å². The molecule has 1 unspecified atom stereocenters. The van der Waals surface area contributed by atoms with Crippen LogP contribution in [0.3, 0.4) is 0 Å². The number of rotatable bonds is 2. The Hall–Kier alpha value is -9.05. The molecule has 6 fully saturated rings. The summed E-state index contributed by atoms with van der Waals surface area (Å²) in [7, 11) is 0. The first-order chi connectivity index (χ1) is 66.0. The molecule has 1 N–H and O–H groups in total. The summed E-state index contributed by atoms with van der Waals surface area (Å²) in [5.74, 6) is 1.61. The van der Waals surface area contributed by atoms with E-state index in [2.05, 4.69) is 257 Å². The molecule has 0 spiro atoms. The van der Waals surface area contributed by atoms with Gasteiger partial charge in [-0.05, 0) is 252 Å². The number of aromatic nitrogens is 1. The van der Waals surface area contributed by atoms with Crippen LogP contribution in [0.4, 0.5) is 30.7 Å². The fourth-order valence-corrected chi connectivity index (χ4v) is 13.2. The molecule has 14 heteroatoms. The first-order valence-electron chi connectivity index (χ1n) is 50.5. The third-order valence-corrected chi connectivity index (χ3v) is 23.0. The molecule has 10 aromatic carbocycles. The molecule has 3 aliphatic carbocycles. The van der Waals surface area contributed by atoms with Crippen molar-refractivity contribution in [1.82, 2.24) is 4.98 Å². The van der Waals surface area contributed by atoms with Gasteiger partial charge in [-0.3, -0.25) is 4.98 Å². The van der Waals surface area contributed by atoms with Gasteiger partial charge in [0.05, 0.1) is 19.3 Å². The summed E-state index contributed by atoms with van der Waals surface area (Å²) in [5.41, 5.74) is 12.9. The molecular formula is C125H177ClF7NO4S. The zero-order chi connectivity index (χ0) is 104. The number of fused-ring (bicyclic) bond motifs is 1. The fraction of sp³-hybridized carbons (Fsp3) is 0.464. The lowest BCUT2D eigenvalue weighted by molar-refractivity contribution is -0.0221. The molecule has 2 aromatic heterocycles. The Labute approximate surface area is 848 Å². The molecular weight excluding hydrogens is 1780 g/mol. The van der Waals surface area contributed by atoms with Crippen LogP contribution in [0.1, 0.15) is 277 Å². The van der Waals surface area contributed by atoms with Crippen LogP contribution in [-0.2, 0) is 14.2 Å². The Morgan fingerprint density at radius 2 is 0.712 bits per heavy atom. The van der Waals surface area contributed by atoms with Crippen LogP contribution in [-0.4, -0.2) is 55.8 Å². The van der Waals surface area contributed by atoms with Crippen LogP contribution in [0.2, 0.25) is 5.02 Å². The van der Waals surface area contributed by atoms with Gasteiger partial charge in [-0.15, -0.1) is 11.3 Å². The van der Waals surface area contributed by atoms with Gasteiger partial charge in [-0.1, -0.05) is 398 Å². The summed E-state index contributed by atoms with van der Waals surface area (Å²) >= 11 is 7.39. The lowest BCUT2D eigenvalue weighted by Crippen LogP contribution is -2.23. The number of aryl methyl sites for hydroxylation is 12. The smallest absolute Gasteiger partial charge is 0.131 e. The number of aliphatic hydroxyl groups excluding tert-OH is 1. The number of halogens is 8. The Bertz CT molecular complexity index is 4460. The second-order valence-electron chi connectivity index (χ2n) is 39.0. The summed E-state index contributed by atoms with van der Waals surface area (Å²) < 4.78 is 101. The lowest BCUT2D eigenvalue weighted by atomic mass is 9.89. The average molecular weight is 1960 g/mol. The molecule has 3 aliphatic heterocycles. The quantitative estimate of drug-likeness (QED) is 0.175. The first-order valence-corrected chi connectivity index (χ1v) is 51.8. The summed E-state index contributed by atoms with van der Waals surface area (Å²) in [6, 6.07) is 77.8. The van der Waals surface area contributed by atoms with Crippen LogP contribution < -0.4 is 0 Å². The zero-order valence-corrected chi connectivity index (χ0v) is 91.2. The summed E-state index contributed by atoms with van der Waals surface area (Å²) in [4.78, 5) is 5.36. The van der Waals surface area contributed by atoms with Crippen molar-refractivity contribution in [1.29, 1.82) is 0 Å². The van der Waals surface area contributed by atoms with Crippen molar-refractivity contribution >= 4 is 33.7 Å². The molecule has 0 amide bonds. The number of hydrogen-bond acceptors (Lipinski definition) is 6. The maximum atomic E-state index is 12.4. The van der Waals surface area contributed by atoms with E-state index in [4.69, 9.17) is 30.9 Å². The Morgan fingerprint density at radius 1 is 0.331 bits per heavy atom. The predicted molar refractivity (Wildman–Crippen MR) is 588 cm³/mol. The van der Waals surface area contributed by atoms with Crippen molar-refractivity contribution < 1.29 is 50.1 Å². The zero-order valence-electron chi connectivity index (χ0n) is 89.7.